The summed E-state index contributed by atoms with van der Waals surface area (Å²) in [4.78, 5) is 4.35. The Morgan fingerprint density at radius 1 is 1.57 bits per heavy atom. The first-order valence-electron chi connectivity index (χ1n) is 5.26. The summed E-state index contributed by atoms with van der Waals surface area (Å²) in [5.41, 5.74) is 2.90. The minimum Gasteiger partial charge on any atom is -0.337 e. The first-order chi connectivity index (χ1) is 6.83. The molecule has 0 aliphatic heterocycles. The fraction of sp³-hybridized carbons (Fsp3) is 0.700. The molecule has 0 bridgehead atoms. The Bertz CT molecular complexity index is 288. The molecule has 4 nitrogen and oxygen atoms in total. The van der Waals surface area contributed by atoms with Crippen molar-refractivity contribution in [3.05, 3.63) is 18.2 Å². The third-order valence-corrected chi connectivity index (χ3v) is 3.19. The lowest BCUT2D eigenvalue weighted by Gasteiger charge is -2.21. The van der Waals surface area contributed by atoms with Gasteiger partial charge in [-0.05, 0) is 18.8 Å². The number of nitrogens with one attached hydrogen (secondary N) is 1. The topological polar surface area (TPSA) is 55.9 Å². The van der Waals surface area contributed by atoms with Crippen LogP contribution < -0.4 is 11.3 Å². The zero-order chi connectivity index (χ0) is 9.97. The predicted molar refractivity (Wildman–Crippen MR) is 55.2 cm³/mol. The zero-order valence-electron chi connectivity index (χ0n) is 8.61. The van der Waals surface area contributed by atoms with Crippen LogP contribution in [0.5, 0.6) is 0 Å². The number of nitrogens with zero attached hydrogens (tertiary/aromatic N) is 2. The average molecular weight is 194 g/mol. The van der Waals surface area contributed by atoms with Gasteiger partial charge in [0.15, 0.2) is 0 Å². The molecule has 3 N–H and O–H groups in total. The van der Waals surface area contributed by atoms with E-state index in [2.05, 4.69) is 10.4 Å². The summed E-state index contributed by atoms with van der Waals surface area (Å²) in [7, 11) is 2.02. The van der Waals surface area contributed by atoms with E-state index in [1.165, 1.54) is 25.7 Å². The molecule has 0 saturated heterocycles. The van der Waals surface area contributed by atoms with Crippen LogP contribution in [0.1, 0.15) is 37.5 Å². The first-order valence-corrected chi connectivity index (χ1v) is 5.26. The SMILES string of the molecule is Cn1ccnc1C(NN)C1CCCC1. The van der Waals surface area contributed by atoms with E-state index in [1.807, 2.05) is 24.0 Å². The van der Waals surface area contributed by atoms with Crippen molar-refractivity contribution in [2.75, 3.05) is 0 Å². The van der Waals surface area contributed by atoms with Crippen molar-refractivity contribution in [2.45, 2.75) is 31.7 Å². The molecule has 1 saturated carbocycles. The molecule has 1 aliphatic rings. The minimum atomic E-state index is 0.220. The van der Waals surface area contributed by atoms with Crippen LogP contribution in [-0.4, -0.2) is 9.55 Å². The van der Waals surface area contributed by atoms with Crippen molar-refractivity contribution in [3.8, 4) is 0 Å². The molecule has 4 heteroatoms. The Kier molecular flexibility index (Phi) is 2.84. The van der Waals surface area contributed by atoms with Gasteiger partial charge in [-0.3, -0.25) is 5.84 Å². The van der Waals surface area contributed by atoms with E-state index in [9.17, 15) is 0 Å². The van der Waals surface area contributed by atoms with Crippen LogP contribution in [0, 0.1) is 5.92 Å². The van der Waals surface area contributed by atoms with Crippen molar-refractivity contribution in [1.82, 2.24) is 15.0 Å². The highest BCUT2D eigenvalue weighted by Gasteiger charge is 2.27. The van der Waals surface area contributed by atoms with E-state index in [4.69, 9.17) is 5.84 Å². The Hall–Kier alpha value is -0.870. The third-order valence-electron chi connectivity index (χ3n) is 3.19. The minimum absolute atomic E-state index is 0.220. The van der Waals surface area contributed by atoms with Crippen LogP contribution in [0.15, 0.2) is 12.4 Å². The van der Waals surface area contributed by atoms with E-state index in [0.717, 1.165) is 5.82 Å². The maximum atomic E-state index is 5.61. The van der Waals surface area contributed by atoms with Crippen LogP contribution in [-0.2, 0) is 7.05 Å². The average Bonchev–Trinajstić information content (AvgIpc) is 2.80. The highest BCUT2D eigenvalue weighted by Crippen LogP contribution is 2.34. The molecule has 1 atom stereocenters. The van der Waals surface area contributed by atoms with Gasteiger partial charge in [-0.25, -0.2) is 10.4 Å². The second kappa shape index (κ2) is 4.11. The van der Waals surface area contributed by atoms with Gasteiger partial charge in [0.2, 0.25) is 0 Å². The molecule has 0 radical (unpaired) electrons. The summed E-state index contributed by atoms with van der Waals surface area (Å²) in [5.74, 6) is 7.32. The molecule has 0 spiro atoms. The number of hydrazine groups is 1. The molecule has 1 aromatic heterocycles. The standard InChI is InChI=1S/C10H18N4/c1-14-7-6-12-10(14)9(13-11)8-4-2-3-5-8/h6-9,13H,2-5,11H2,1H3. The summed E-state index contributed by atoms with van der Waals surface area (Å²) in [6.07, 6.45) is 8.98. The lowest BCUT2D eigenvalue weighted by atomic mass is 9.98. The van der Waals surface area contributed by atoms with Gasteiger partial charge in [0.25, 0.3) is 0 Å². The first kappa shape index (κ1) is 9.68. The lowest BCUT2D eigenvalue weighted by Crippen LogP contribution is -2.34. The number of aryl methyl sites for hydroxylation is 1. The van der Waals surface area contributed by atoms with Crippen LogP contribution in [0.25, 0.3) is 0 Å². The summed E-state index contributed by atoms with van der Waals surface area (Å²) in [5, 5.41) is 0. The van der Waals surface area contributed by atoms with E-state index >= 15 is 0 Å². The fourth-order valence-corrected chi connectivity index (χ4v) is 2.39. The molecule has 1 unspecified atom stereocenters. The quantitative estimate of drug-likeness (QED) is 0.560. The van der Waals surface area contributed by atoms with E-state index in [1.54, 1.807) is 0 Å². The van der Waals surface area contributed by atoms with Crippen molar-refractivity contribution in [3.63, 3.8) is 0 Å². The molecular formula is C10H18N4. The summed E-state index contributed by atoms with van der Waals surface area (Å²) < 4.78 is 2.04. The maximum absolute atomic E-state index is 5.61. The van der Waals surface area contributed by atoms with Crippen molar-refractivity contribution < 1.29 is 0 Å². The second-order valence-corrected chi connectivity index (χ2v) is 4.09. The molecule has 0 aromatic carbocycles. The van der Waals surface area contributed by atoms with Crippen molar-refractivity contribution >= 4 is 0 Å². The van der Waals surface area contributed by atoms with Crippen LogP contribution in [0.3, 0.4) is 0 Å². The lowest BCUT2D eigenvalue weighted by molar-refractivity contribution is 0.352. The third kappa shape index (κ3) is 1.67. The van der Waals surface area contributed by atoms with Gasteiger partial charge in [-0.15, -0.1) is 0 Å². The summed E-state index contributed by atoms with van der Waals surface area (Å²) >= 11 is 0. The Morgan fingerprint density at radius 2 is 2.29 bits per heavy atom. The number of hydrogen-bond donors (Lipinski definition) is 2. The molecular weight excluding hydrogens is 176 g/mol. The molecule has 14 heavy (non-hydrogen) atoms. The Morgan fingerprint density at radius 3 is 2.79 bits per heavy atom. The van der Waals surface area contributed by atoms with Gasteiger partial charge in [0.05, 0.1) is 6.04 Å². The number of rotatable bonds is 3. The Balaban J connectivity index is 2.16. The number of aromatic nitrogens is 2. The molecule has 1 aliphatic carbocycles. The van der Waals surface area contributed by atoms with Gasteiger partial charge in [-0.1, -0.05) is 12.8 Å². The smallest absolute Gasteiger partial charge is 0.127 e. The zero-order valence-corrected chi connectivity index (χ0v) is 8.61. The van der Waals surface area contributed by atoms with Crippen LogP contribution in [0.4, 0.5) is 0 Å². The number of nitrogens with two attached hydrogens (primary N) is 1. The highest BCUT2D eigenvalue weighted by molar-refractivity contribution is 5.01. The number of imidazole rings is 1. The molecule has 2 rings (SSSR count). The van der Waals surface area contributed by atoms with Crippen LogP contribution >= 0.6 is 0 Å². The van der Waals surface area contributed by atoms with Gasteiger partial charge in [0, 0.05) is 19.4 Å². The number of hydrogen-bond acceptors (Lipinski definition) is 3. The normalized spacial score (nSPS) is 20.1. The second-order valence-electron chi connectivity index (χ2n) is 4.09. The maximum Gasteiger partial charge on any atom is 0.127 e. The molecule has 0 amide bonds. The molecule has 1 heterocycles. The summed E-state index contributed by atoms with van der Waals surface area (Å²) in [6, 6.07) is 0.220. The molecule has 1 aromatic rings. The van der Waals surface area contributed by atoms with Gasteiger partial charge >= 0.3 is 0 Å². The molecule has 78 valence electrons. The molecule has 1 fully saturated rings. The van der Waals surface area contributed by atoms with E-state index in [0.29, 0.717) is 5.92 Å². The van der Waals surface area contributed by atoms with E-state index in [-0.39, 0.29) is 6.04 Å². The van der Waals surface area contributed by atoms with Gasteiger partial charge in [-0.2, -0.15) is 0 Å². The Labute approximate surface area is 84.5 Å². The van der Waals surface area contributed by atoms with Crippen molar-refractivity contribution in [2.24, 2.45) is 18.8 Å². The van der Waals surface area contributed by atoms with E-state index < -0.39 is 0 Å². The fourth-order valence-electron chi connectivity index (χ4n) is 2.39. The summed E-state index contributed by atoms with van der Waals surface area (Å²) in [6.45, 7) is 0. The van der Waals surface area contributed by atoms with Crippen molar-refractivity contribution in [1.29, 1.82) is 0 Å². The predicted octanol–water partition coefficient (Wildman–Crippen LogP) is 1.11. The van der Waals surface area contributed by atoms with Gasteiger partial charge < -0.3 is 4.57 Å². The monoisotopic (exact) mass is 194 g/mol. The van der Waals surface area contributed by atoms with Gasteiger partial charge in [0.1, 0.15) is 5.82 Å². The highest BCUT2D eigenvalue weighted by atomic mass is 15.3. The largest absolute Gasteiger partial charge is 0.337 e. The van der Waals surface area contributed by atoms with Crippen LogP contribution in [0.2, 0.25) is 0 Å².